The van der Waals surface area contributed by atoms with Gasteiger partial charge in [-0.2, -0.15) is 0 Å². The molecule has 19 heavy (non-hydrogen) atoms. The van der Waals surface area contributed by atoms with E-state index in [-0.39, 0.29) is 6.42 Å². The molecule has 0 saturated heterocycles. The molecular weight excluding hydrogens is 246 g/mol. The Morgan fingerprint density at radius 1 is 1.26 bits per heavy atom. The molecule has 0 atom stereocenters. The summed E-state index contributed by atoms with van der Waals surface area (Å²) in [4.78, 5) is 10.4. The van der Waals surface area contributed by atoms with Gasteiger partial charge in [0.2, 0.25) is 0 Å². The Hall–Kier alpha value is -1.75. The summed E-state index contributed by atoms with van der Waals surface area (Å²) in [7, 11) is 0. The average Bonchev–Trinajstić information content (AvgIpc) is 2.62. The molecule has 5 nitrogen and oxygen atoms in total. The Kier molecular flexibility index (Phi) is 5.03. The average molecular weight is 265 g/mol. The summed E-state index contributed by atoms with van der Waals surface area (Å²) >= 11 is 0. The topological polar surface area (TPSA) is 67.8 Å². The lowest BCUT2D eigenvalue weighted by Gasteiger charge is -2.10. The molecule has 0 aromatic heterocycles. The van der Waals surface area contributed by atoms with Crippen molar-refractivity contribution in [3.05, 3.63) is 23.8 Å². The molecule has 104 valence electrons. The Bertz CT molecular complexity index is 433. The van der Waals surface area contributed by atoms with E-state index in [0.29, 0.717) is 32.7 Å². The predicted molar refractivity (Wildman–Crippen MR) is 70.6 cm³/mol. The molecule has 0 bridgehead atoms. The normalized spacial score (nSPS) is 13.9. The summed E-state index contributed by atoms with van der Waals surface area (Å²) < 4.78 is 11.2. The number of rotatable bonds is 6. The van der Waals surface area contributed by atoms with Crippen molar-refractivity contribution >= 4 is 5.97 Å². The Morgan fingerprint density at radius 2 is 2.05 bits per heavy atom. The molecular formula is C14H19NO4. The van der Waals surface area contributed by atoms with Crippen LogP contribution in [-0.4, -0.2) is 30.8 Å². The third-order valence-corrected chi connectivity index (χ3v) is 2.89. The number of fused-ring (bicyclic) bond motifs is 1. The number of ether oxygens (including phenoxy) is 2. The van der Waals surface area contributed by atoms with Crippen molar-refractivity contribution in [2.45, 2.75) is 25.8 Å². The summed E-state index contributed by atoms with van der Waals surface area (Å²) in [6.07, 6.45) is 1.74. The molecule has 0 spiro atoms. The van der Waals surface area contributed by atoms with E-state index in [9.17, 15) is 4.79 Å². The number of carbonyl (C=O) groups is 1. The summed E-state index contributed by atoms with van der Waals surface area (Å²) in [6.45, 7) is 2.78. The first-order chi connectivity index (χ1) is 9.25. The SMILES string of the molecule is O=C(O)CCCNCc1ccc2c(c1)OCCCO2. The monoisotopic (exact) mass is 265 g/mol. The molecule has 0 amide bonds. The van der Waals surface area contributed by atoms with Crippen molar-refractivity contribution < 1.29 is 19.4 Å². The van der Waals surface area contributed by atoms with E-state index >= 15 is 0 Å². The maximum Gasteiger partial charge on any atom is 0.303 e. The van der Waals surface area contributed by atoms with Gasteiger partial charge in [-0.15, -0.1) is 0 Å². The van der Waals surface area contributed by atoms with E-state index < -0.39 is 5.97 Å². The molecule has 1 aliphatic rings. The number of aliphatic carboxylic acids is 1. The third kappa shape index (κ3) is 4.44. The molecule has 0 radical (unpaired) electrons. The van der Waals surface area contributed by atoms with Gasteiger partial charge in [0.25, 0.3) is 0 Å². The zero-order valence-electron chi connectivity index (χ0n) is 10.9. The lowest BCUT2D eigenvalue weighted by Crippen LogP contribution is -2.15. The lowest BCUT2D eigenvalue weighted by molar-refractivity contribution is -0.137. The van der Waals surface area contributed by atoms with E-state index in [1.807, 2.05) is 18.2 Å². The molecule has 2 rings (SSSR count). The lowest BCUT2D eigenvalue weighted by atomic mass is 10.2. The third-order valence-electron chi connectivity index (χ3n) is 2.89. The molecule has 2 N–H and O–H groups in total. The van der Waals surface area contributed by atoms with Crippen LogP contribution < -0.4 is 14.8 Å². The van der Waals surface area contributed by atoms with Gasteiger partial charge in [-0.25, -0.2) is 0 Å². The second kappa shape index (κ2) is 6.99. The van der Waals surface area contributed by atoms with Gasteiger partial charge in [-0.3, -0.25) is 4.79 Å². The van der Waals surface area contributed by atoms with E-state index in [2.05, 4.69) is 5.32 Å². The van der Waals surface area contributed by atoms with E-state index in [4.69, 9.17) is 14.6 Å². The fourth-order valence-electron chi connectivity index (χ4n) is 1.91. The molecule has 1 heterocycles. The van der Waals surface area contributed by atoms with Gasteiger partial charge in [0.15, 0.2) is 11.5 Å². The molecule has 0 fully saturated rings. The minimum Gasteiger partial charge on any atom is -0.490 e. The van der Waals surface area contributed by atoms with Gasteiger partial charge >= 0.3 is 5.97 Å². The first-order valence-corrected chi connectivity index (χ1v) is 6.57. The first-order valence-electron chi connectivity index (χ1n) is 6.57. The van der Waals surface area contributed by atoms with Gasteiger partial charge in [-0.05, 0) is 30.7 Å². The first kappa shape index (κ1) is 13.7. The van der Waals surface area contributed by atoms with Crippen LogP contribution in [0.25, 0.3) is 0 Å². The molecule has 0 aliphatic carbocycles. The van der Waals surface area contributed by atoms with Crippen molar-refractivity contribution in [2.24, 2.45) is 0 Å². The van der Waals surface area contributed by atoms with Gasteiger partial charge in [0.05, 0.1) is 13.2 Å². The Balaban J connectivity index is 1.81. The van der Waals surface area contributed by atoms with Crippen LogP contribution in [0.1, 0.15) is 24.8 Å². The highest BCUT2D eigenvalue weighted by molar-refractivity contribution is 5.66. The smallest absolute Gasteiger partial charge is 0.303 e. The van der Waals surface area contributed by atoms with E-state index in [1.54, 1.807) is 0 Å². The minimum atomic E-state index is -0.752. The van der Waals surface area contributed by atoms with Crippen LogP contribution in [0.3, 0.4) is 0 Å². The minimum absolute atomic E-state index is 0.203. The van der Waals surface area contributed by atoms with Crippen LogP contribution in [0.15, 0.2) is 18.2 Å². The molecule has 1 aromatic rings. The second-order valence-corrected chi connectivity index (χ2v) is 4.51. The molecule has 0 saturated carbocycles. The number of nitrogens with one attached hydrogen (secondary N) is 1. The van der Waals surface area contributed by atoms with Gasteiger partial charge in [0, 0.05) is 19.4 Å². The molecule has 1 aromatic carbocycles. The molecule has 5 heteroatoms. The summed E-state index contributed by atoms with van der Waals surface area (Å²) in [5.74, 6) is 0.840. The molecule has 0 unspecified atom stereocenters. The highest BCUT2D eigenvalue weighted by Crippen LogP contribution is 2.30. The van der Waals surface area contributed by atoms with Gasteiger partial charge < -0.3 is 19.9 Å². The summed E-state index contributed by atoms with van der Waals surface area (Å²) in [5.41, 5.74) is 1.11. The highest BCUT2D eigenvalue weighted by atomic mass is 16.5. The fourth-order valence-corrected chi connectivity index (χ4v) is 1.91. The number of benzene rings is 1. The summed E-state index contributed by atoms with van der Waals surface area (Å²) in [5, 5.41) is 11.8. The van der Waals surface area contributed by atoms with Gasteiger partial charge in [0.1, 0.15) is 0 Å². The van der Waals surface area contributed by atoms with Crippen molar-refractivity contribution in [3.8, 4) is 11.5 Å². The predicted octanol–water partition coefficient (Wildman–Crippen LogP) is 1.80. The van der Waals surface area contributed by atoms with Crippen LogP contribution in [0.4, 0.5) is 0 Å². The summed E-state index contributed by atoms with van der Waals surface area (Å²) in [6, 6.07) is 5.90. The highest BCUT2D eigenvalue weighted by Gasteiger charge is 2.10. The van der Waals surface area contributed by atoms with Crippen molar-refractivity contribution in [1.82, 2.24) is 5.32 Å². The fraction of sp³-hybridized carbons (Fsp3) is 0.500. The van der Waals surface area contributed by atoms with Crippen LogP contribution in [0.5, 0.6) is 11.5 Å². The van der Waals surface area contributed by atoms with Gasteiger partial charge in [-0.1, -0.05) is 6.07 Å². The van der Waals surface area contributed by atoms with Crippen LogP contribution >= 0.6 is 0 Å². The Labute approximate surface area is 112 Å². The van der Waals surface area contributed by atoms with Crippen molar-refractivity contribution in [1.29, 1.82) is 0 Å². The van der Waals surface area contributed by atoms with Crippen LogP contribution in [0, 0.1) is 0 Å². The second-order valence-electron chi connectivity index (χ2n) is 4.51. The van der Waals surface area contributed by atoms with Crippen molar-refractivity contribution in [3.63, 3.8) is 0 Å². The van der Waals surface area contributed by atoms with Crippen LogP contribution in [-0.2, 0) is 11.3 Å². The largest absolute Gasteiger partial charge is 0.490 e. The Morgan fingerprint density at radius 3 is 2.84 bits per heavy atom. The van der Waals surface area contributed by atoms with Crippen LogP contribution in [0.2, 0.25) is 0 Å². The zero-order chi connectivity index (χ0) is 13.5. The number of hydrogen-bond acceptors (Lipinski definition) is 4. The van der Waals surface area contributed by atoms with Crippen molar-refractivity contribution in [2.75, 3.05) is 19.8 Å². The van der Waals surface area contributed by atoms with E-state index in [1.165, 1.54) is 0 Å². The van der Waals surface area contributed by atoms with E-state index in [0.717, 1.165) is 23.5 Å². The quantitative estimate of drug-likeness (QED) is 0.768. The zero-order valence-corrected chi connectivity index (χ0v) is 10.9. The number of carboxylic acid groups (broad SMARTS) is 1. The molecule has 1 aliphatic heterocycles. The number of carboxylic acids is 1. The number of hydrogen-bond donors (Lipinski definition) is 2. The maximum atomic E-state index is 10.4. The standard InChI is InChI=1S/C14H19NO4/c16-14(17)3-1-6-15-10-11-4-5-12-13(9-11)19-8-2-7-18-12/h4-5,9,15H,1-3,6-8,10H2,(H,16,17). The maximum absolute atomic E-state index is 10.4.